The van der Waals surface area contributed by atoms with E-state index in [1.165, 1.54) is 21.9 Å². The lowest BCUT2D eigenvalue weighted by Gasteiger charge is -2.23. The van der Waals surface area contributed by atoms with Crippen molar-refractivity contribution in [3.8, 4) is 18.1 Å². The van der Waals surface area contributed by atoms with E-state index in [4.69, 9.17) is 32.3 Å². The second kappa shape index (κ2) is 9.73. The van der Waals surface area contributed by atoms with E-state index in [0.29, 0.717) is 11.4 Å². The fraction of sp³-hybridized carbons (Fsp3) is 0.217. The van der Waals surface area contributed by atoms with Crippen LogP contribution in [0.1, 0.15) is 27.7 Å². The zero-order chi connectivity index (χ0) is 23.4. The van der Waals surface area contributed by atoms with Gasteiger partial charge in [-0.15, -0.1) is 11.5 Å². The van der Waals surface area contributed by atoms with Gasteiger partial charge >= 0.3 is 0 Å². The van der Waals surface area contributed by atoms with Crippen molar-refractivity contribution >= 4 is 29.1 Å². The number of carbonyl (C=O) groups excluding carboxylic acids is 2. The van der Waals surface area contributed by atoms with Gasteiger partial charge in [-0.25, -0.2) is 0 Å². The summed E-state index contributed by atoms with van der Waals surface area (Å²) in [4.78, 5) is 29.5. The lowest BCUT2D eigenvalue weighted by Crippen LogP contribution is -2.40. The molecule has 1 aliphatic heterocycles. The number of benzene rings is 2. The highest BCUT2D eigenvalue weighted by atomic mass is 35.5. The smallest absolute Gasteiger partial charge is 0.293 e. The van der Waals surface area contributed by atoms with Crippen LogP contribution in [0.2, 0.25) is 5.02 Å². The first kappa shape index (κ1) is 22.3. The molecule has 0 saturated heterocycles. The molecule has 9 nitrogen and oxygen atoms in total. The van der Waals surface area contributed by atoms with Crippen LogP contribution < -0.4 is 9.64 Å². The van der Waals surface area contributed by atoms with E-state index in [9.17, 15) is 9.59 Å². The lowest BCUT2D eigenvalue weighted by molar-refractivity contribution is -0.131. The Labute approximate surface area is 194 Å². The SMILES string of the molecule is C#Cc1nnc(CN2Cc3ccccc3N(C(=O)c3ccc(OCCO)cc3Cl)CC2=O)o1. The first-order valence-electron chi connectivity index (χ1n) is 10.00. The molecule has 1 N–H and O–H groups in total. The number of rotatable bonds is 6. The molecule has 0 saturated carbocycles. The standard InChI is InChI=1S/C23H19ClN4O5/c1-2-20-25-26-21(33-20)13-27-12-15-5-3-4-6-19(15)28(14-22(27)30)23(31)17-8-7-16(11-18(17)24)32-10-9-29/h1,3-8,11,29H,9-10,12-14H2. The van der Waals surface area contributed by atoms with Gasteiger partial charge in [-0.05, 0) is 35.7 Å². The lowest BCUT2D eigenvalue weighted by atomic mass is 10.1. The van der Waals surface area contributed by atoms with Crippen molar-refractivity contribution in [3.05, 3.63) is 70.4 Å². The fourth-order valence-corrected chi connectivity index (χ4v) is 3.71. The van der Waals surface area contributed by atoms with Crippen molar-refractivity contribution in [2.24, 2.45) is 0 Å². The molecule has 10 heteroatoms. The van der Waals surface area contributed by atoms with Crippen molar-refractivity contribution in [3.63, 3.8) is 0 Å². The third-order valence-corrected chi connectivity index (χ3v) is 5.29. The number of hydrogen-bond donors (Lipinski definition) is 1. The van der Waals surface area contributed by atoms with Gasteiger partial charge < -0.3 is 19.2 Å². The molecule has 0 bridgehead atoms. The Hall–Kier alpha value is -3.87. The zero-order valence-electron chi connectivity index (χ0n) is 17.4. The molecule has 4 rings (SSSR count). The molecule has 3 aromatic rings. The molecule has 2 heterocycles. The third-order valence-electron chi connectivity index (χ3n) is 4.98. The maximum Gasteiger partial charge on any atom is 0.293 e. The number of carbonyl (C=O) groups is 2. The van der Waals surface area contributed by atoms with Crippen LogP contribution in [0.25, 0.3) is 0 Å². The summed E-state index contributed by atoms with van der Waals surface area (Å²) in [7, 11) is 0. The maximum absolute atomic E-state index is 13.4. The predicted octanol–water partition coefficient (Wildman–Crippen LogP) is 2.26. The van der Waals surface area contributed by atoms with Crippen molar-refractivity contribution < 1.29 is 23.8 Å². The first-order chi connectivity index (χ1) is 16.0. The zero-order valence-corrected chi connectivity index (χ0v) is 18.2. The van der Waals surface area contributed by atoms with Crippen LogP contribution in [0.15, 0.2) is 46.9 Å². The average Bonchev–Trinajstić information content (AvgIpc) is 3.23. The van der Waals surface area contributed by atoms with E-state index in [2.05, 4.69) is 16.1 Å². The highest BCUT2D eigenvalue weighted by Crippen LogP contribution is 2.30. The molecule has 33 heavy (non-hydrogen) atoms. The van der Waals surface area contributed by atoms with E-state index < -0.39 is 5.91 Å². The molecule has 168 valence electrons. The normalized spacial score (nSPS) is 13.3. The van der Waals surface area contributed by atoms with Crippen LogP contribution in [0.4, 0.5) is 5.69 Å². The summed E-state index contributed by atoms with van der Waals surface area (Å²) in [5.74, 6) is 2.18. The van der Waals surface area contributed by atoms with Gasteiger partial charge in [0.15, 0.2) is 0 Å². The number of amides is 2. The minimum atomic E-state index is -0.427. The number of anilines is 1. The van der Waals surface area contributed by atoms with Crippen molar-refractivity contribution in [2.45, 2.75) is 13.1 Å². The summed E-state index contributed by atoms with van der Waals surface area (Å²) < 4.78 is 10.7. The molecule has 0 fully saturated rings. The van der Waals surface area contributed by atoms with Crippen molar-refractivity contribution in [1.29, 1.82) is 0 Å². The Bertz CT molecular complexity index is 1240. The Morgan fingerprint density at radius 3 is 2.79 bits per heavy atom. The number of aliphatic hydroxyl groups excluding tert-OH is 1. The Kier molecular flexibility index (Phi) is 6.58. The summed E-state index contributed by atoms with van der Waals surface area (Å²) in [5, 5.41) is 16.7. The van der Waals surface area contributed by atoms with E-state index in [0.717, 1.165) is 5.56 Å². The van der Waals surface area contributed by atoms with Crippen LogP contribution in [0, 0.1) is 12.3 Å². The molecule has 2 amide bonds. The number of fused-ring (bicyclic) bond motifs is 1. The molecule has 0 atom stereocenters. The number of ether oxygens (including phenoxy) is 1. The van der Waals surface area contributed by atoms with Crippen molar-refractivity contribution in [1.82, 2.24) is 15.1 Å². The average molecular weight is 467 g/mol. The molecular weight excluding hydrogens is 448 g/mol. The summed E-state index contributed by atoms with van der Waals surface area (Å²) in [6.07, 6.45) is 5.26. The highest BCUT2D eigenvalue weighted by molar-refractivity contribution is 6.34. The van der Waals surface area contributed by atoms with Crippen LogP contribution in [0.3, 0.4) is 0 Å². The van der Waals surface area contributed by atoms with Gasteiger partial charge in [0.1, 0.15) is 18.9 Å². The van der Waals surface area contributed by atoms with E-state index in [1.807, 2.05) is 12.1 Å². The monoisotopic (exact) mass is 466 g/mol. The second-order valence-corrected chi connectivity index (χ2v) is 7.54. The topological polar surface area (TPSA) is 109 Å². The minimum absolute atomic E-state index is 0.0329. The molecule has 0 spiro atoms. The molecule has 2 aromatic carbocycles. The fourth-order valence-electron chi connectivity index (χ4n) is 3.45. The Morgan fingerprint density at radius 1 is 1.24 bits per heavy atom. The van der Waals surface area contributed by atoms with Gasteiger partial charge in [-0.3, -0.25) is 14.5 Å². The third kappa shape index (κ3) is 4.82. The van der Waals surface area contributed by atoms with Crippen LogP contribution in [-0.4, -0.2) is 51.8 Å². The second-order valence-electron chi connectivity index (χ2n) is 7.13. The first-order valence-corrected chi connectivity index (χ1v) is 10.4. The van der Waals surface area contributed by atoms with Crippen molar-refractivity contribution in [2.75, 3.05) is 24.7 Å². The number of para-hydroxylation sites is 1. The number of hydrogen-bond acceptors (Lipinski definition) is 7. The molecule has 1 aliphatic rings. The number of nitrogens with zero attached hydrogens (tertiary/aromatic N) is 4. The number of aliphatic hydroxyl groups is 1. The van der Waals surface area contributed by atoms with Gasteiger partial charge in [-0.2, -0.15) is 0 Å². The predicted molar refractivity (Wildman–Crippen MR) is 119 cm³/mol. The number of terminal acetylenes is 1. The highest BCUT2D eigenvalue weighted by Gasteiger charge is 2.31. The molecule has 0 radical (unpaired) electrons. The van der Waals surface area contributed by atoms with Gasteiger partial charge in [-0.1, -0.05) is 34.9 Å². The molecule has 0 unspecified atom stereocenters. The summed E-state index contributed by atoms with van der Waals surface area (Å²) in [6.45, 7) is 0.0618. The Balaban J connectivity index is 1.62. The largest absolute Gasteiger partial charge is 0.491 e. The summed E-state index contributed by atoms with van der Waals surface area (Å²) >= 11 is 6.35. The van der Waals surface area contributed by atoms with Gasteiger partial charge in [0.25, 0.3) is 11.8 Å². The van der Waals surface area contributed by atoms with Crippen LogP contribution in [0.5, 0.6) is 5.75 Å². The van der Waals surface area contributed by atoms with Crippen LogP contribution >= 0.6 is 11.6 Å². The van der Waals surface area contributed by atoms with Gasteiger partial charge in [0.2, 0.25) is 11.8 Å². The molecule has 0 aliphatic carbocycles. The Morgan fingerprint density at radius 2 is 2.06 bits per heavy atom. The number of aromatic nitrogens is 2. The van der Waals surface area contributed by atoms with Gasteiger partial charge in [0.05, 0.1) is 23.7 Å². The summed E-state index contributed by atoms with van der Waals surface area (Å²) in [6, 6.07) is 11.9. The van der Waals surface area contributed by atoms with E-state index in [-0.39, 0.29) is 61.1 Å². The van der Waals surface area contributed by atoms with E-state index in [1.54, 1.807) is 18.2 Å². The molecular formula is C23H19ClN4O5. The maximum atomic E-state index is 13.4. The minimum Gasteiger partial charge on any atom is -0.491 e. The van der Waals surface area contributed by atoms with Gasteiger partial charge in [0, 0.05) is 12.2 Å². The summed E-state index contributed by atoms with van der Waals surface area (Å²) in [5.41, 5.74) is 1.59. The van der Waals surface area contributed by atoms with Crippen LogP contribution in [-0.2, 0) is 17.9 Å². The molecule has 1 aromatic heterocycles. The quantitative estimate of drug-likeness (QED) is 0.555. The van der Waals surface area contributed by atoms with E-state index >= 15 is 0 Å². The number of halogens is 1.